The van der Waals surface area contributed by atoms with Crippen LogP contribution in [0.5, 0.6) is 0 Å². The molecule has 0 radical (unpaired) electrons. The third-order valence-corrected chi connectivity index (χ3v) is 3.61. The molecule has 0 spiro atoms. The molecule has 4 rings (SSSR count). The Bertz CT molecular complexity index is 991. The Morgan fingerprint density at radius 2 is 2.00 bits per heavy atom. The quantitative estimate of drug-likeness (QED) is 0.517. The van der Waals surface area contributed by atoms with Crippen molar-refractivity contribution in [1.29, 1.82) is 0 Å². The number of aromatic nitrogens is 2. The Morgan fingerprint density at radius 1 is 1.15 bits per heavy atom. The number of hydrogen-bond donors (Lipinski definition) is 1. The van der Waals surface area contributed by atoms with Crippen molar-refractivity contribution >= 4 is 17.4 Å². The van der Waals surface area contributed by atoms with Gasteiger partial charge in [-0.25, -0.2) is 4.79 Å². The van der Waals surface area contributed by atoms with Gasteiger partial charge in [0.2, 0.25) is 11.7 Å². The van der Waals surface area contributed by atoms with E-state index in [0.29, 0.717) is 11.4 Å². The predicted molar refractivity (Wildman–Crippen MR) is 89.8 cm³/mol. The molecule has 1 N–H and O–H groups in total. The highest BCUT2D eigenvalue weighted by molar-refractivity contribution is 6.19. The van der Waals surface area contributed by atoms with Gasteiger partial charge in [0.05, 0.1) is 6.26 Å². The van der Waals surface area contributed by atoms with Crippen LogP contribution in [0.2, 0.25) is 0 Å². The molecule has 0 saturated heterocycles. The second-order valence-electron chi connectivity index (χ2n) is 5.46. The van der Waals surface area contributed by atoms with E-state index >= 15 is 0 Å². The fourth-order valence-electron chi connectivity index (χ4n) is 2.38. The normalized spacial score (nSPS) is 13.6. The van der Waals surface area contributed by atoms with Gasteiger partial charge in [0.25, 0.3) is 11.8 Å². The Kier molecular flexibility index (Phi) is 4.40. The molecule has 2 aromatic heterocycles. The molecule has 0 atom stereocenters. The van der Waals surface area contributed by atoms with Gasteiger partial charge in [0.15, 0.2) is 24.5 Å². The number of hydrogen-bond acceptors (Lipinski definition) is 9. The summed E-state index contributed by atoms with van der Waals surface area (Å²) in [5.41, 5.74) is 0.483. The molecule has 1 aliphatic rings. The SMILES string of the molecule is O=C1COC(Nc2ccccc2)=C1C(=O)OCc1nnc(-c2ccco2)o1. The first-order chi connectivity index (χ1) is 13.2. The minimum absolute atomic E-state index is 0.0537. The summed E-state index contributed by atoms with van der Waals surface area (Å²) in [7, 11) is 0. The molecule has 27 heavy (non-hydrogen) atoms. The number of nitrogens with one attached hydrogen (secondary N) is 1. The number of ether oxygens (including phenoxy) is 2. The molecule has 0 amide bonds. The zero-order valence-corrected chi connectivity index (χ0v) is 13.9. The van der Waals surface area contributed by atoms with E-state index in [9.17, 15) is 9.59 Å². The van der Waals surface area contributed by atoms with Gasteiger partial charge in [-0.1, -0.05) is 18.2 Å². The predicted octanol–water partition coefficient (Wildman–Crippen LogP) is 2.30. The van der Waals surface area contributed by atoms with Gasteiger partial charge in [-0.15, -0.1) is 10.2 Å². The molecular formula is C18H13N3O6. The smallest absolute Gasteiger partial charge is 0.347 e. The van der Waals surface area contributed by atoms with Crippen LogP contribution in [-0.4, -0.2) is 28.6 Å². The van der Waals surface area contributed by atoms with Crippen molar-refractivity contribution < 1.29 is 27.9 Å². The lowest BCUT2D eigenvalue weighted by Gasteiger charge is -2.08. The Morgan fingerprint density at radius 3 is 2.78 bits per heavy atom. The number of furan rings is 1. The molecule has 0 fully saturated rings. The van der Waals surface area contributed by atoms with E-state index in [2.05, 4.69) is 15.5 Å². The largest absolute Gasteiger partial charge is 0.470 e. The van der Waals surface area contributed by atoms with Crippen molar-refractivity contribution in [2.45, 2.75) is 6.61 Å². The third kappa shape index (κ3) is 3.56. The molecule has 1 aromatic carbocycles. The summed E-state index contributed by atoms with van der Waals surface area (Å²) in [6.45, 7) is -0.523. The lowest BCUT2D eigenvalue weighted by molar-refractivity contribution is -0.142. The summed E-state index contributed by atoms with van der Waals surface area (Å²) in [6.07, 6.45) is 1.47. The van der Waals surface area contributed by atoms with Gasteiger partial charge in [-0.2, -0.15) is 0 Å². The van der Waals surface area contributed by atoms with Gasteiger partial charge >= 0.3 is 5.97 Å². The monoisotopic (exact) mass is 367 g/mol. The zero-order valence-electron chi connectivity index (χ0n) is 13.9. The molecule has 0 aliphatic carbocycles. The van der Waals surface area contributed by atoms with Gasteiger partial charge in [0.1, 0.15) is 0 Å². The fraction of sp³-hybridized carbons (Fsp3) is 0.111. The van der Waals surface area contributed by atoms with Crippen molar-refractivity contribution in [2.24, 2.45) is 0 Å². The molecule has 3 aromatic rings. The molecule has 9 nitrogen and oxygen atoms in total. The van der Waals surface area contributed by atoms with Crippen LogP contribution in [0.15, 0.2) is 69.0 Å². The van der Waals surface area contributed by atoms with Crippen molar-refractivity contribution in [3.05, 3.63) is 66.1 Å². The summed E-state index contributed by atoms with van der Waals surface area (Å²) in [6, 6.07) is 12.3. The molecule has 1 aliphatic heterocycles. The minimum atomic E-state index is -0.839. The standard InChI is InChI=1S/C18H13N3O6/c22-12-9-25-17(19-11-5-2-1-3-6-11)15(12)18(23)26-10-14-20-21-16(27-14)13-7-4-8-24-13/h1-8,19H,9-10H2. The van der Waals surface area contributed by atoms with Gasteiger partial charge in [0, 0.05) is 5.69 Å². The van der Waals surface area contributed by atoms with Crippen LogP contribution < -0.4 is 5.32 Å². The average Bonchev–Trinajstić information content (AvgIpc) is 3.42. The first kappa shape index (κ1) is 16.6. The van der Waals surface area contributed by atoms with Crippen molar-refractivity contribution in [3.8, 4) is 11.7 Å². The van der Waals surface area contributed by atoms with Crippen LogP contribution in [0.25, 0.3) is 11.7 Å². The van der Waals surface area contributed by atoms with Crippen LogP contribution >= 0.6 is 0 Å². The third-order valence-electron chi connectivity index (χ3n) is 3.61. The Hall–Kier alpha value is -3.88. The summed E-state index contributed by atoms with van der Waals surface area (Å²) in [5.74, 6) is -0.625. The number of esters is 1. The van der Waals surface area contributed by atoms with Gasteiger partial charge < -0.3 is 23.6 Å². The summed E-state index contributed by atoms with van der Waals surface area (Å²) < 4.78 is 20.9. The summed E-state index contributed by atoms with van der Waals surface area (Å²) >= 11 is 0. The highest BCUT2D eigenvalue weighted by Crippen LogP contribution is 2.22. The molecule has 0 bridgehead atoms. The Labute approximate surface area is 152 Å². The van der Waals surface area contributed by atoms with E-state index in [1.165, 1.54) is 6.26 Å². The maximum atomic E-state index is 12.3. The molecule has 9 heteroatoms. The molecule has 3 heterocycles. The molecular weight excluding hydrogens is 354 g/mol. The number of benzene rings is 1. The van der Waals surface area contributed by atoms with Crippen molar-refractivity contribution in [2.75, 3.05) is 11.9 Å². The number of carbonyl (C=O) groups is 2. The summed E-state index contributed by atoms with van der Waals surface area (Å²) in [4.78, 5) is 24.3. The number of nitrogens with zero attached hydrogens (tertiary/aromatic N) is 2. The first-order valence-electron chi connectivity index (χ1n) is 7.96. The number of para-hydroxylation sites is 1. The molecule has 0 unspecified atom stereocenters. The van der Waals surface area contributed by atoms with E-state index in [0.717, 1.165) is 0 Å². The number of carbonyl (C=O) groups excluding carboxylic acids is 2. The van der Waals surface area contributed by atoms with E-state index in [4.69, 9.17) is 18.3 Å². The average molecular weight is 367 g/mol. The van der Waals surface area contributed by atoms with Crippen molar-refractivity contribution in [1.82, 2.24) is 10.2 Å². The molecule has 0 saturated carbocycles. The van der Waals surface area contributed by atoms with E-state index < -0.39 is 11.8 Å². The van der Waals surface area contributed by atoms with E-state index in [1.54, 1.807) is 24.3 Å². The van der Waals surface area contributed by atoms with Crippen LogP contribution in [0.1, 0.15) is 5.89 Å². The summed E-state index contributed by atoms with van der Waals surface area (Å²) in [5, 5.41) is 10.5. The van der Waals surface area contributed by atoms with E-state index in [1.807, 2.05) is 18.2 Å². The number of ketones is 1. The molecule has 136 valence electrons. The number of Topliss-reactive ketones (excluding diaryl/α,β-unsaturated/α-hetero) is 1. The van der Waals surface area contributed by atoms with Crippen molar-refractivity contribution in [3.63, 3.8) is 0 Å². The first-order valence-corrected chi connectivity index (χ1v) is 7.96. The Balaban J connectivity index is 1.44. The van der Waals surface area contributed by atoms with Crippen LogP contribution in [0, 0.1) is 0 Å². The lowest BCUT2D eigenvalue weighted by atomic mass is 10.2. The second-order valence-corrected chi connectivity index (χ2v) is 5.46. The maximum absolute atomic E-state index is 12.3. The van der Waals surface area contributed by atoms with Gasteiger partial charge in [-0.05, 0) is 24.3 Å². The zero-order chi connectivity index (χ0) is 18.6. The number of rotatable bonds is 6. The second kappa shape index (κ2) is 7.16. The maximum Gasteiger partial charge on any atom is 0.347 e. The van der Waals surface area contributed by atoms with Crippen LogP contribution in [0.3, 0.4) is 0 Å². The number of anilines is 1. The fourth-order valence-corrected chi connectivity index (χ4v) is 2.38. The highest BCUT2D eigenvalue weighted by Gasteiger charge is 2.32. The lowest BCUT2D eigenvalue weighted by Crippen LogP contribution is -2.16. The van der Waals surface area contributed by atoms with E-state index in [-0.39, 0.29) is 36.5 Å². The van der Waals surface area contributed by atoms with Crippen LogP contribution in [0.4, 0.5) is 5.69 Å². The van der Waals surface area contributed by atoms with Crippen LogP contribution in [-0.2, 0) is 25.7 Å². The van der Waals surface area contributed by atoms with Gasteiger partial charge in [-0.3, -0.25) is 4.79 Å². The topological polar surface area (TPSA) is 117 Å². The highest BCUT2D eigenvalue weighted by atomic mass is 16.5. The minimum Gasteiger partial charge on any atom is -0.470 e.